The Labute approximate surface area is 171 Å². The molecule has 0 spiro atoms. The summed E-state index contributed by atoms with van der Waals surface area (Å²) in [6, 6.07) is 6.10. The summed E-state index contributed by atoms with van der Waals surface area (Å²) in [5.41, 5.74) is 9.99. The number of H-pyrrole nitrogens is 1. The summed E-state index contributed by atoms with van der Waals surface area (Å²) in [4.78, 5) is 52.6. The molecule has 30 heavy (non-hydrogen) atoms. The average Bonchev–Trinajstić information content (AvgIpc) is 3.11. The second-order valence-electron chi connectivity index (χ2n) is 6.71. The van der Waals surface area contributed by atoms with Crippen LogP contribution in [0.15, 0.2) is 30.5 Å². The molecule has 2 aromatic rings. The molecule has 0 radical (unpaired) electrons. The van der Waals surface area contributed by atoms with Crippen LogP contribution in [0.3, 0.4) is 0 Å². The second kappa shape index (κ2) is 10.8. The van der Waals surface area contributed by atoms with Gasteiger partial charge in [0.25, 0.3) is 0 Å². The molecule has 0 aliphatic carbocycles. The zero-order valence-electron chi connectivity index (χ0n) is 16.3. The fourth-order valence-electron chi connectivity index (χ4n) is 2.88. The molecule has 1 aromatic heterocycles. The van der Waals surface area contributed by atoms with E-state index in [0.717, 1.165) is 16.5 Å². The number of aliphatic carboxylic acids is 1. The molecule has 3 N–H and O–H groups in total. The number of amides is 1. The lowest BCUT2D eigenvalue weighted by Crippen LogP contribution is -2.47. The van der Waals surface area contributed by atoms with E-state index in [4.69, 9.17) is 10.3 Å². The van der Waals surface area contributed by atoms with Gasteiger partial charge in [-0.1, -0.05) is 18.2 Å². The highest BCUT2D eigenvalue weighted by molar-refractivity contribution is 6.25. The number of carbonyl (C=O) groups excluding carboxylic acids is 3. The first kappa shape index (κ1) is 22.7. The first-order valence-electron chi connectivity index (χ1n) is 9.21. The van der Waals surface area contributed by atoms with Crippen molar-refractivity contribution in [2.24, 2.45) is 0 Å². The van der Waals surface area contributed by atoms with E-state index >= 15 is 0 Å². The summed E-state index contributed by atoms with van der Waals surface area (Å²) >= 11 is 0. The quantitative estimate of drug-likeness (QED) is 0.265. The van der Waals surface area contributed by atoms with Gasteiger partial charge >= 0.3 is 12.2 Å². The maximum Gasteiger partial charge on any atom is 0.326 e. The molecule has 0 bridgehead atoms. The van der Waals surface area contributed by atoms with Crippen LogP contribution in [0.5, 0.6) is 0 Å². The third kappa shape index (κ3) is 6.47. The molecule has 0 fully saturated rings. The molecule has 2 rings (SSSR count). The van der Waals surface area contributed by atoms with Gasteiger partial charge in [-0.25, -0.2) is 4.79 Å². The standard InChI is InChI=1S/C20H22N4O6/c1-12(25)11-30-18(8-13-9-22-16-5-3-2-4-15(13)16)19(27)24-17(20(28)29)7-6-14(26)10-23-21/h2-5,9-10,17-18,22H,6-8,11H2,1H3,(H,24,27)(H,28,29)/t17-,18-/m0/s1. The number of fused-ring (bicyclic) bond motifs is 1. The largest absolute Gasteiger partial charge is 0.480 e. The van der Waals surface area contributed by atoms with Crippen LogP contribution in [0.4, 0.5) is 0 Å². The summed E-state index contributed by atoms with van der Waals surface area (Å²) < 4.78 is 5.44. The van der Waals surface area contributed by atoms with Crippen LogP contribution >= 0.6 is 0 Å². The zero-order chi connectivity index (χ0) is 22.1. The number of aromatic nitrogens is 1. The number of nitrogens with zero attached hydrogens (tertiary/aromatic N) is 2. The van der Waals surface area contributed by atoms with Crippen molar-refractivity contribution in [1.29, 1.82) is 0 Å². The summed E-state index contributed by atoms with van der Waals surface area (Å²) in [6.45, 7) is 1.01. The summed E-state index contributed by atoms with van der Waals surface area (Å²) in [7, 11) is 0. The number of para-hydroxylation sites is 1. The van der Waals surface area contributed by atoms with Crippen molar-refractivity contribution in [3.05, 3.63) is 41.6 Å². The van der Waals surface area contributed by atoms with Crippen molar-refractivity contribution >= 4 is 40.6 Å². The monoisotopic (exact) mass is 414 g/mol. The lowest BCUT2D eigenvalue weighted by molar-refractivity contribution is -0.145. The number of nitrogens with one attached hydrogen (secondary N) is 2. The average molecular weight is 414 g/mol. The molecule has 1 amide bonds. The minimum atomic E-state index is -1.35. The van der Waals surface area contributed by atoms with Crippen molar-refractivity contribution < 1.29 is 33.8 Å². The Balaban J connectivity index is 2.14. The van der Waals surface area contributed by atoms with E-state index in [9.17, 15) is 24.3 Å². The van der Waals surface area contributed by atoms with Gasteiger partial charge in [-0.15, -0.1) is 0 Å². The Kier molecular flexibility index (Phi) is 8.16. The fraction of sp³-hybridized carbons (Fsp3) is 0.350. The number of carbonyl (C=O) groups is 4. The number of carboxylic acids is 1. The normalized spacial score (nSPS) is 12.6. The van der Waals surface area contributed by atoms with E-state index in [1.807, 2.05) is 24.3 Å². The number of carboxylic acid groups (broad SMARTS) is 1. The third-order valence-corrected chi connectivity index (χ3v) is 4.36. The topological polar surface area (TPSA) is 162 Å². The number of Topliss-reactive ketones (excluding diaryl/α,β-unsaturated/α-hetero) is 2. The molecule has 2 atom stereocenters. The predicted octanol–water partition coefficient (Wildman–Crippen LogP) is 0.904. The van der Waals surface area contributed by atoms with Crippen LogP contribution in [0.1, 0.15) is 25.3 Å². The molecule has 0 aliphatic heterocycles. The molecule has 0 aliphatic rings. The zero-order valence-corrected chi connectivity index (χ0v) is 16.3. The van der Waals surface area contributed by atoms with E-state index in [1.54, 1.807) is 6.20 Å². The molecule has 0 saturated heterocycles. The van der Waals surface area contributed by atoms with Crippen LogP contribution in [0.25, 0.3) is 16.4 Å². The summed E-state index contributed by atoms with van der Waals surface area (Å²) in [6.07, 6.45) is 0.969. The van der Waals surface area contributed by atoms with Gasteiger partial charge in [-0.3, -0.25) is 14.4 Å². The highest BCUT2D eigenvalue weighted by atomic mass is 16.5. The first-order chi connectivity index (χ1) is 14.3. The molecular formula is C20H22N4O6. The van der Waals surface area contributed by atoms with Crippen LogP contribution in [-0.4, -0.2) is 63.3 Å². The molecule has 1 aromatic carbocycles. The molecule has 10 heteroatoms. The maximum absolute atomic E-state index is 12.7. The number of rotatable bonds is 12. The number of ether oxygens (including phenoxy) is 1. The highest BCUT2D eigenvalue weighted by Gasteiger charge is 2.27. The van der Waals surface area contributed by atoms with Gasteiger partial charge in [0.1, 0.15) is 18.8 Å². The maximum atomic E-state index is 12.7. The third-order valence-electron chi connectivity index (χ3n) is 4.36. The Morgan fingerprint density at radius 1 is 1.30 bits per heavy atom. The van der Waals surface area contributed by atoms with Crippen molar-refractivity contribution in [2.75, 3.05) is 6.61 Å². The van der Waals surface area contributed by atoms with E-state index < -0.39 is 29.8 Å². The number of hydrogen-bond donors (Lipinski definition) is 3. The van der Waals surface area contributed by atoms with Crippen LogP contribution < -0.4 is 5.32 Å². The van der Waals surface area contributed by atoms with Crippen LogP contribution in [0, 0.1) is 0 Å². The van der Waals surface area contributed by atoms with E-state index in [0.29, 0.717) is 6.21 Å². The molecule has 1 heterocycles. The number of benzene rings is 1. The summed E-state index contributed by atoms with van der Waals surface area (Å²) in [5, 5.41) is 12.6. The van der Waals surface area contributed by atoms with Crippen molar-refractivity contribution in [3.8, 4) is 0 Å². The molecule has 158 valence electrons. The smallest absolute Gasteiger partial charge is 0.326 e. The van der Waals surface area contributed by atoms with Gasteiger partial charge in [0.15, 0.2) is 5.78 Å². The Hall–Kier alpha value is -3.62. The predicted molar refractivity (Wildman–Crippen MR) is 106 cm³/mol. The Morgan fingerprint density at radius 2 is 2.03 bits per heavy atom. The number of aromatic amines is 1. The Morgan fingerprint density at radius 3 is 2.70 bits per heavy atom. The fourth-order valence-corrected chi connectivity index (χ4v) is 2.88. The van der Waals surface area contributed by atoms with Crippen molar-refractivity contribution in [1.82, 2.24) is 10.3 Å². The number of ketones is 2. The minimum Gasteiger partial charge on any atom is -0.480 e. The SMILES string of the molecule is CC(=O)CO[C@@H](Cc1c[nH]c2ccccc12)C(=O)N[C@@H](CCC(=O)C=[N+]=[N-])C(=O)O. The van der Waals surface area contributed by atoms with Gasteiger partial charge in [0.05, 0.1) is 0 Å². The van der Waals surface area contributed by atoms with Crippen LogP contribution in [-0.2, 0) is 30.3 Å². The molecular weight excluding hydrogens is 392 g/mol. The van der Waals surface area contributed by atoms with Gasteiger partial charge in [-0.2, -0.15) is 4.79 Å². The first-order valence-corrected chi connectivity index (χ1v) is 9.21. The lowest BCUT2D eigenvalue weighted by Gasteiger charge is -2.20. The van der Waals surface area contributed by atoms with Crippen molar-refractivity contribution in [2.45, 2.75) is 38.3 Å². The van der Waals surface area contributed by atoms with E-state index in [2.05, 4.69) is 15.1 Å². The van der Waals surface area contributed by atoms with E-state index in [1.165, 1.54) is 6.92 Å². The molecule has 0 unspecified atom stereocenters. The highest BCUT2D eigenvalue weighted by Crippen LogP contribution is 2.20. The van der Waals surface area contributed by atoms with Gasteiger partial charge in [-0.05, 0) is 25.0 Å². The summed E-state index contributed by atoms with van der Waals surface area (Å²) in [5.74, 6) is -2.90. The lowest BCUT2D eigenvalue weighted by atomic mass is 10.0. The van der Waals surface area contributed by atoms with Crippen molar-refractivity contribution in [3.63, 3.8) is 0 Å². The number of hydrogen-bond acceptors (Lipinski definition) is 5. The second-order valence-corrected chi connectivity index (χ2v) is 6.71. The minimum absolute atomic E-state index is 0.117. The van der Waals surface area contributed by atoms with Gasteiger partial charge in [0, 0.05) is 29.9 Å². The molecule has 0 saturated carbocycles. The van der Waals surface area contributed by atoms with Gasteiger partial charge < -0.3 is 25.7 Å². The van der Waals surface area contributed by atoms with Gasteiger partial charge in [0.2, 0.25) is 11.7 Å². The Bertz CT molecular complexity index is 992. The molecule has 10 nitrogen and oxygen atoms in total. The van der Waals surface area contributed by atoms with E-state index in [-0.39, 0.29) is 31.7 Å². The van der Waals surface area contributed by atoms with Crippen LogP contribution in [0.2, 0.25) is 0 Å².